The molecule has 0 aliphatic carbocycles. The number of nitrogens with zero attached hydrogens (tertiary/aromatic N) is 1. The summed E-state index contributed by atoms with van der Waals surface area (Å²) in [5, 5.41) is 23.9. The molecule has 1 aliphatic heterocycles. The minimum atomic E-state index is -1.49. The van der Waals surface area contributed by atoms with E-state index in [2.05, 4.69) is 5.32 Å². The van der Waals surface area contributed by atoms with Crippen molar-refractivity contribution in [1.29, 1.82) is 0 Å². The van der Waals surface area contributed by atoms with Crippen molar-refractivity contribution in [2.24, 2.45) is 7.05 Å². The first-order valence-electron chi connectivity index (χ1n) is 9.64. The highest BCUT2D eigenvalue weighted by atomic mass is 35.5. The zero-order chi connectivity index (χ0) is 22.5. The van der Waals surface area contributed by atoms with E-state index < -0.39 is 17.7 Å². The number of amides is 1. The Morgan fingerprint density at radius 3 is 2.42 bits per heavy atom. The van der Waals surface area contributed by atoms with Crippen molar-refractivity contribution in [1.82, 2.24) is 9.88 Å². The second-order valence-corrected chi connectivity index (χ2v) is 9.05. The summed E-state index contributed by atoms with van der Waals surface area (Å²) in [6.07, 6.45) is -1.49. The summed E-state index contributed by atoms with van der Waals surface area (Å²) in [6, 6.07) is 10.5. The van der Waals surface area contributed by atoms with Gasteiger partial charge in [0.1, 0.15) is 11.2 Å². The molecule has 0 saturated carbocycles. The predicted octanol–water partition coefficient (Wildman–Crippen LogP) is 4.21. The lowest BCUT2D eigenvalue weighted by Gasteiger charge is -2.43. The van der Waals surface area contributed by atoms with Gasteiger partial charge in [-0.25, -0.2) is 0 Å². The van der Waals surface area contributed by atoms with Gasteiger partial charge in [-0.1, -0.05) is 53.9 Å². The Hall–Kier alpha value is -1.80. The van der Waals surface area contributed by atoms with Crippen LogP contribution in [0.25, 0.3) is 10.9 Å². The van der Waals surface area contributed by atoms with Crippen molar-refractivity contribution < 1.29 is 19.7 Å². The number of ether oxygens (including phenoxy) is 1. The number of hydrogen-bond acceptors (Lipinski definition) is 4. The van der Waals surface area contributed by atoms with E-state index in [4.69, 9.17) is 39.5 Å². The third-order valence-corrected chi connectivity index (χ3v) is 7.01. The maximum Gasteiger partial charge on any atom is 0.268 e. The highest BCUT2D eigenvalue weighted by Gasteiger charge is 2.44. The van der Waals surface area contributed by atoms with Crippen LogP contribution in [0.5, 0.6) is 0 Å². The van der Waals surface area contributed by atoms with Gasteiger partial charge in [0.2, 0.25) is 0 Å². The molecule has 1 aromatic heterocycles. The van der Waals surface area contributed by atoms with E-state index in [-0.39, 0.29) is 19.1 Å². The molecule has 2 heterocycles. The second kappa shape index (κ2) is 8.28. The van der Waals surface area contributed by atoms with Gasteiger partial charge in [0.25, 0.3) is 5.91 Å². The van der Waals surface area contributed by atoms with E-state index in [0.29, 0.717) is 37.3 Å². The molecule has 3 N–H and O–H groups in total. The van der Waals surface area contributed by atoms with E-state index >= 15 is 0 Å². The van der Waals surface area contributed by atoms with Crippen molar-refractivity contribution in [2.45, 2.75) is 24.7 Å². The summed E-state index contributed by atoms with van der Waals surface area (Å²) in [4.78, 5) is 13.2. The highest BCUT2D eigenvalue weighted by molar-refractivity contribution is 6.45. The zero-order valence-electron chi connectivity index (χ0n) is 16.8. The van der Waals surface area contributed by atoms with E-state index in [1.807, 2.05) is 6.07 Å². The van der Waals surface area contributed by atoms with Gasteiger partial charge < -0.3 is 24.8 Å². The molecular weight excluding hydrogens is 463 g/mol. The zero-order valence-corrected chi connectivity index (χ0v) is 19.1. The van der Waals surface area contributed by atoms with Crippen LogP contribution in [0.1, 0.15) is 34.5 Å². The standard InChI is InChI=1S/C22H21Cl3N2O4/c1-11(21(29)30)12-3-4-14(16(24)7-12)22(9-31-10-22)26-20(28)18-8-13-17(27(18)2)6-5-15(23)19(13)25/h3-8,11,21,29-30H,9-10H2,1-2H3,(H,26,28). The topological polar surface area (TPSA) is 83.7 Å². The fourth-order valence-corrected chi connectivity index (χ4v) is 4.57. The van der Waals surface area contributed by atoms with E-state index in [0.717, 1.165) is 5.52 Å². The van der Waals surface area contributed by atoms with Crippen LogP contribution in [0.2, 0.25) is 15.1 Å². The maximum absolute atomic E-state index is 13.2. The molecule has 1 unspecified atom stereocenters. The number of aryl methyl sites for hydroxylation is 1. The van der Waals surface area contributed by atoms with Crippen LogP contribution < -0.4 is 5.32 Å². The Morgan fingerprint density at radius 1 is 1.13 bits per heavy atom. The maximum atomic E-state index is 13.2. The molecule has 1 saturated heterocycles. The van der Waals surface area contributed by atoms with Gasteiger partial charge in [-0.05, 0) is 29.8 Å². The second-order valence-electron chi connectivity index (χ2n) is 7.85. The molecule has 0 bridgehead atoms. The lowest BCUT2D eigenvalue weighted by atomic mass is 9.86. The molecule has 4 rings (SSSR count). The van der Waals surface area contributed by atoms with Crippen molar-refractivity contribution in [3.8, 4) is 0 Å². The summed E-state index contributed by atoms with van der Waals surface area (Å²) in [7, 11) is 1.79. The predicted molar refractivity (Wildman–Crippen MR) is 121 cm³/mol. The lowest BCUT2D eigenvalue weighted by molar-refractivity contribution is -0.0734. The summed E-state index contributed by atoms with van der Waals surface area (Å²) < 4.78 is 7.18. The average molecular weight is 484 g/mol. The molecule has 9 heteroatoms. The Morgan fingerprint density at radius 2 is 1.84 bits per heavy atom. The number of rotatable bonds is 5. The van der Waals surface area contributed by atoms with Crippen LogP contribution in [0, 0.1) is 0 Å². The van der Waals surface area contributed by atoms with Crippen molar-refractivity contribution in [2.75, 3.05) is 13.2 Å². The van der Waals surface area contributed by atoms with Crippen molar-refractivity contribution in [3.05, 3.63) is 68.3 Å². The van der Waals surface area contributed by atoms with Crippen LogP contribution in [0.3, 0.4) is 0 Å². The number of aliphatic hydroxyl groups is 2. The van der Waals surface area contributed by atoms with Crippen LogP contribution in [0.4, 0.5) is 0 Å². The van der Waals surface area contributed by atoms with Gasteiger partial charge in [0.15, 0.2) is 6.29 Å². The number of benzene rings is 2. The van der Waals surface area contributed by atoms with Crippen LogP contribution >= 0.6 is 34.8 Å². The molecule has 1 aliphatic rings. The normalized spacial score (nSPS) is 16.4. The van der Waals surface area contributed by atoms with Crippen molar-refractivity contribution >= 4 is 51.6 Å². The summed E-state index contributed by atoms with van der Waals surface area (Å²) in [6.45, 7) is 2.23. The minimum Gasteiger partial charge on any atom is -0.376 e. The fourth-order valence-electron chi connectivity index (χ4n) is 3.82. The fraction of sp³-hybridized carbons (Fsp3) is 0.318. The van der Waals surface area contributed by atoms with Gasteiger partial charge >= 0.3 is 0 Å². The quantitative estimate of drug-likeness (QED) is 0.475. The molecule has 31 heavy (non-hydrogen) atoms. The minimum absolute atomic E-state index is 0.270. The monoisotopic (exact) mass is 482 g/mol. The highest BCUT2D eigenvalue weighted by Crippen LogP contribution is 2.37. The number of carbonyl (C=O) groups is 1. The van der Waals surface area contributed by atoms with Crippen molar-refractivity contribution in [3.63, 3.8) is 0 Å². The molecule has 6 nitrogen and oxygen atoms in total. The summed E-state index contributed by atoms with van der Waals surface area (Å²) in [5.74, 6) is -0.796. The number of carbonyl (C=O) groups excluding carboxylic acids is 1. The molecule has 1 atom stereocenters. The summed E-state index contributed by atoms with van der Waals surface area (Å²) >= 11 is 19.0. The van der Waals surface area contributed by atoms with Crippen LogP contribution in [-0.2, 0) is 17.3 Å². The molecule has 1 fully saturated rings. The van der Waals surface area contributed by atoms with Crippen LogP contribution in [0.15, 0.2) is 36.4 Å². The van der Waals surface area contributed by atoms with E-state index in [1.54, 1.807) is 48.9 Å². The number of nitrogens with one attached hydrogen (secondary N) is 1. The SMILES string of the molecule is CC(c1ccc(C2(NC(=O)c3cc4c(Cl)c(Cl)ccc4n3C)COC2)c(Cl)c1)C(O)O. The number of aromatic nitrogens is 1. The van der Waals surface area contributed by atoms with E-state index in [1.165, 1.54) is 0 Å². The number of halogens is 3. The number of aliphatic hydroxyl groups excluding tert-OH is 1. The number of hydrogen-bond donors (Lipinski definition) is 3. The van der Waals surface area contributed by atoms with Gasteiger partial charge in [-0.15, -0.1) is 0 Å². The average Bonchev–Trinajstić information content (AvgIpc) is 3.04. The number of fused-ring (bicyclic) bond motifs is 1. The largest absolute Gasteiger partial charge is 0.376 e. The van der Waals surface area contributed by atoms with Gasteiger partial charge in [0, 0.05) is 34.5 Å². The lowest BCUT2D eigenvalue weighted by Crippen LogP contribution is -2.59. The Kier molecular flexibility index (Phi) is 5.98. The molecule has 1 amide bonds. The first-order chi connectivity index (χ1) is 14.6. The Labute approximate surface area is 194 Å². The summed E-state index contributed by atoms with van der Waals surface area (Å²) in [5.41, 5.74) is 1.82. The molecule has 0 radical (unpaired) electrons. The third kappa shape index (κ3) is 3.82. The Balaban J connectivity index is 1.67. The van der Waals surface area contributed by atoms with Gasteiger partial charge in [-0.2, -0.15) is 0 Å². The molecular formula is C22H21Cl3N2O4. The van der Waals surface area contributed by atoms with Gasteiger partial charge in [0.05, 0.1) is 23.3 Å². The Bertz CT molecular complexity index is 1170. The van der Waals surface area contributed by atoms with E-state index in [9.17, 15) is 15.0 Å². The smallest absolute Gasteiger partial charge is 0.268 e. The molecule has 2 aromatic carbocycles. The molecule has 164 valence electrons. The van der Waals surface area contributed by atoms with Crippen LogP contribution in [-0.4, -0.2) is 40.2 Å². The molecule has 0 spiro atoms. The molecule has 3 aromatic rings. The first-order valence-corrected chi connectivity index (χ1v) is 10.8. The van der Waals surface area contributed by atoms with Gasteiger partial charge in [-0.3, -0.25) is 4.79 Å². The third-order valence-electron chi connectivity index (χ3n) is 5.88. The first kappa shape index (κ1) is 22.4.